The molecule has 1 aromatic carbocycles. The molecule has 0 bridgehead atoms. The number of carbonyl (C=O) groups excluding carboxylic acids is 1. The van der Waals surface area contributed by atoms with Crippen LogP contribution in [0, 0.1) is 10.1 Å². The number of carbonyl (C=O) groups is 1. The van der Waals surface area contributed by atoms with Gasteiger partial charge in [-0.15, -0.1) is 0 Å². The van der Waals surface area contributed by atoms with Gasteiger partial charge in [0.25, 0.3) is 11.6 Å². The predicted molar refractivity (Wildman–Crippen MR) is 83.1 cm³/mol. The van der Waals surface area contributed by atoms with Crippen molar-refractivity contribution in [3.8, 4) is 0 Å². The van der Waals surface area contributed by atoms with Crippen molar-refractivity contribution in [1.29, 1.82) is 0 Å². The van der Waals surface area contributed by atoms with E-state index in [1.807, 2.05) is 0 Å². The van der Waals surface area contributed by atoms with Crippen LogP contribution in [0.25, 0.3) is 0 Å². The normalized spacial score (nSPS) is 13.3. The van der Waals surface area contributed by atoms with Crippen LogP contribution in [0.15, 0.2) is 18.2 Å². The second-order valence-corrected chi connectivity index (χ2v) is 6.68. The molecule has 0 radical (unpaired) electrons. The molecule has 1 amide bonds. The maximum absolute atomic E-state index is 11.8. The van der Waals surface area contributed by atoms with Crippen molar-refractivity contribution in [2.45, 2.75) is 12.2 Å². The van der Waals surface area contributed by atoms with Gasteiger partial charge in [0.15, 0.2) is 0 Å². The standard InChI is InChI=1S/C13H19N3O4S/c1-9(21(4)20)8-14-11-6-5-10(13(17)15(2)3)7-12(11)16(18)19/h5-7,9,14H,8H2,1-4H3. The minimum atomic E-state index is -1.01. The van der Waals surface area contributed by atoms with E-state index in [1.54, 1.807) is 27.3 Å². The van der Waals surface area contributed by atoms with Crippen LogP contribution in [0.3, 0.4) is 0 Å². The fourth-order valence-corrected chi connectivity index (χ4v) is 1.91. The number of nitrogens with zero attached hydrogens (tertiary/aromatic N) is 2. The molecular formula is C13H19N3O4S. The molecule has 2 unspecified atom stereocenters. The lowest BCUT2D eigenvalue weighted by atomic mass is 10.1. The SMILES string of the molecule is CC(CNc1ccc(C(=O)N(C)C)cc1[N+](=O)[O-])S(C)=O. The zero-order valence-electron chi connectivity index (χ0n) is 12.5. The summed E-state index contributed by atoms with van der Waals surface area (Å²) in [6, 6.07) is 4.28. The summed E-state index contributed by atoms with van der Waals surface area (Å²) >= 11 is 0. The van der Waals surface area contributed by atoms with Crippen LogP contribution in [0.4, 0.5) is 11.4 Å². The van der Waals surface area contributed by atoms with Gasteiger partial charge < -0.3 is 10.2 Å². The minimum absolute atomic E-state index is 0.132. The second kappa shape index (κ2) is 7.16. The lowest BCUT2D eigenvalue weighted by Crippen LogP contribution is -2.23. The van der Waals surface area contributed by atoms with Crippen molar-refractivity contribution in [2.75, 3.05) is 32.2 Å². The Hall–Kier alpha value is -1.96. The highest BCUT2D eigenvalue weighted by atomic mass is 32.2. The van der Waals surface area contributed by atoms with E-state index in [9.17, 15) is 19.1 Å². The van der Waals surface area contributed by atoms with E-state index in [0.717, 1.165) is 0 Å². The molecule has 0 spiro atoms. The van der Waals surface area contributed by atoms with Crippen molar-refractivity contribution in [3.63, 3.8) is 0 Å². The number of nitro benzene ring substituents is 1. The van der Waals surface area contributed by atoms with Crippen LogP contribution in [0.5, 0.6) is 0 Å². The van der Waals surface area contributed by atoms with Crippen LogP contribution in [0.1, 0.15) is 17.3 Å². The topological polar surface area (TPSA) is 92.6 Å². The highest BCUT2D eigenvalue weighted by Crippen LogP contribution is 2.26. The van der Waals surface area contributed by atoms with E-state index in [1.165, 1.54) is 23.1 Å². The zero-order chi connectivity index (χ0) is 16.2. The molecular weight excluding hydrogens is 294 g/mol. The predicted octanol–water partition coefficient (Wildman–Crippen LogP) is 1.48. The van der Waals surface area contributed by atoms with Crippen molar-refractivity contribution in [2.24, 2.45) is 0 Å². The maximum atomic E-state index is 11.8. The number of anilines is 1. The molecule has 0 aliphatic rings. The van der Waals surface area contributed by atoms with Crippen LogP contribution < -0.4 is 5.32 Å². The van der Waals surface area contributed by atoms with E-state index in [-0.39, 0.29) is 22.4 Å². The Labute approximate surface area is 125 Å². The Morgan fingerprint density at radius 2 is 2.10 bits per heavy atom. The van der Waals surface area contributed by atoms with E-state index in [4.69, 9.17) is 0 Å². The number of hydrogen-bond donors (Lipinski definition) is 1. The number of rotatable bonds is 6. The summed E-state index contributed by atoms with van der Waals surface area (Å²) in [4.78, 5) is 23.8. The molecule has 7 nitrogen and oxygen atoms in total. The van der Waals surface area contributed by atoms with Crippen LogP contribution in [0.2, 0.25) is 0 Å². The minimum Gasteiger partial charge on any atom is -0.378 e. The Bertz CT molecular complexity index is 575. The molecule has 0 saturated heterocycles. The van der Waals surface area contributed by atoms with Gasteiger partial charge in [-0.3, -0.25) is 19.1 Å². The summed E-state index contributed by atoms with van der Waals surface area (Å²) in [5, 5.41) is 13.9. The second-order valence-electron chi connectivity index (χ2n) is 4.88. The molecule has 0 aliphatic heterocycles. The molecule has 0 aromatic heterocycles. The van der Waals surface area contributed by atoms with Gasteiger partial charge in [0, 0.05) is 54.6 Å². The summed E-state index contributed by atoms with van der Waals surface area (Å²) < 4.78 is 11.3. The summed E-state index contributed by atoms with van der Waals surface area (Å²) in [5.41, 5.74) is 0.397. The van der Waals surface area contributed by atoms with Gasteiger partial charge in [-0.1, -0.05) is 0 Å². The van der Waals surface area contributed by atoms with Crippen molar-refractivity contribution >= 4 is 28.1 Å². The Morgan fingerprint density at radius 3 is 2.57 bits per heavy atom. The van der Waals surface area contributed by atoms with Crippen molar-refractivity contribution in [3.05, 3.63) is 33.9 Å². The van der Waals surface area contributed by atoms with Gasteiger partial charge in [0.2, 0.25) is 0 Å². The molecule has 1 N–H and O–H groups in total. The fraction of sp³-hybridized carbons (Fsp3) is 0.462. The average Bonchev–Trinajstić information content (AvgIpc) is 2.43. The Kier molecular flexibility index (Phi) is 5.83. The highest BCUT2D eigenvalue weighted by molar-refractivity contribution is 7.84. The number of amides is 1. The van der Waals surface area contributed by atoms with E-state index < -0.39 is 15.7 Å². The molecule has 0 fully saturated rings. The molecule has 116 valence electrons. The number of nitrogens with one attached hydrogen (secondary N) is 1. The molecule has 21 heavy (non-hydrogen) atoms. The molecule has 0 aliphatic carbocycles. The van der Waals surface area contributed by atoms with Gasteiger partial charge in [-0.05, 0) is 19.1 Å². The Balaban J connectivity index is 3.03. The molecule has 2 atom stereocenters. The maximum Gasteiger partial charge on any atom is 0.293 e. The van der Waals surface area contributed by atoms with Crippen LogP contribution in [-0.4, -0.2) is 52.1 Å². The van der Waals surface area contributed by atoms with Crippen molar-refractivity contribution in [1.82, 2.24) is 4.90 Å². The molecule has 0 heterocycles. The summed E-state index contributed by atoms with van der Waals surface area (Å²) in [6.07, 6.45) is 1.58. The van der Waals surface area contributed by atoms with E-state index in [0.29, 0.717) is 12.2 Å². The molecule has 1 aromatic rings. The third-order valence-corrected chi connectivity index (χ3v) is 4.29. The number of hydrogen-bond acceptors (Lipinski definition) is 5. The van der Waals surface area contributed by atoms with Gasteiger partial charge in [-0.2, -0.15) is 0 Å². The number of benzene rings is 1. The van der Waals surface area contributed by atoms with Crippen molar-refractivity contribution < 1.29 is 13.9 Å². The smallest absolute Gasteiger partial charge is 0.293 e. The zero-order valence-corrected chi connectivity index (χ0v) is 13.3. The molecule has 0 saturated carbocycles. The Morgan fingerprint density at radius 1 is 1.48 bits per heavy atom. The quantitative estimate of drug-likeness (QED) is 0.634. The fourth-order valence-electron chi connectivity index (χ4n) is 1.59. The van der Waals surface area contributed by atoms with Gasteiger partial charge in [0.05, 0.1) is 4.92 Å². The summed E-state index contributed by atoms with van der Waals surface area (Å²) in [5.74, 6) is -0.298. The van der Waals surface area contributed by atoms with Crippen LogP contribution >= 0.6 is 0 Å². The third kappa shape index (κ3) is 4.52. The van der Waals surface area contributed by atoms with Gasteiger partial charge >= 0.3 is 0 Å². The first-order valence-corrected chi connectivity index (χ1v) is 7.92. The molecule has 8 heteroatoms. The van der Waals surface area contributed by atoms with Crippen LogP contribution in [-0.2, 0) is 10.8 Å². The largest absolute Gasteiger partial charge is 0.378 e. The lowest BCUT2D eigenvalue weighted by molar-refractivity contribution is -0.384. The van der Waals surface area contributed by atoms with E-state index in [2.05, 4.69) is 5.32 Å². The lowest BCUT2D eigenvalue weighted by Gasteiger charge is -2.13. The first kappa shape index (κ1) is 17.1. The first-order chi connectivity index (χ1) is 9.73. The average molecular weight is 313 g/mol. The first-order valence-electron chi connectivity index (χ1n) is 6.30. The molecule has 1 rings (SSSR count). The summed E-state index contributed by atoms with van der Waals surface area (Å²) in [7, 11) is 2.15. The summed E-state index contributed by atoms with van der Waals surface area (Å²) in [6.45, 7) is 2.14. The van der Waals surface area contributed by atoms with E-state index >= 15 is 0 Å². The highest BCUT2D eigenvalue weighted by Gasteiger charge is 2.19. The third-order valence-electron chi connectivity index (χ3n) is 2.99. The van der Waals surface area contributed by atoms with Gasteiger partial charge in [0.1, 0.15) is 5.69 Å². The monoisotopic (exact) mass is 313 g/mol. The van der Waals surface area contributed by atoms with Gasteiger partial charge in [-0.25, -0.2) is 0 Å². The number of nitro groups is 1.